The Balaban J connectivity index is 1.93. The minimum Gasteiger partial charge on any atom is -0.493 e. The monoisotopic (exact) mass is 456 g/mol. The summed E-state index contributed by atoms with van der Waals surface area (Å²) < 4.78 is 11.9. The van der Waals surface area contributed by atoms with Gasteiger partial charge in [0.1, 0.15) is 16.8 Å². The molecule has 0 saturated carbocycles. The lowest BCUT2D eigenvalue weighted by Gasteiger charge is -2.10. The second kappa shape index (κ2) is 9.56. The summed E-state index contributed by atoms with van der Waals surface area (Å²) in [5, 5.41) is 17.3. The number of hydrogen-bond donors (Lipinski definition) is 1. The molecule has 0 aliphatic carbocycles. The third kappa shape index (κ3) is 4.66. The molecule has 2 aromatic carbocycles. The Bertz CT molecular complexity index is 1210. The number of halogens is 2. The van der Waals surface area contributed by atoms with Gasteiger partial charge in [-0.1, -0.05) is 35.3 Å². The maximum atomic E-state index is 12.7. The van der Waals surface area contributed by atoms with Crippen molar-refractivity contribution in [3.63, 3.8) is 0 Å². The highest BCUT2D eigenvalue weighted by molar-refractivity contribution is 6.33. The fourth-order valence-corrected chi connectivity index (χ4v) is 3.40. The third-order valence-electron chi connectivity index (χ3n) is 4.42. The zero-order valence-electron chi connectivity index (χ0n) is 16.9. The van der Waals surface area contributed by atoms with Gasteiger partial charge in [-0.3, -0.25) is 4.79 Å². The average molecular weight is 457 g/mol. The van der Waals surface area contributed by atoms with Gasteiger partial charge < -0.3 is 14.8 Å². The van der Waals surface area contributed by atoms with Crippen molar-refractivity contribution in [1.29, 1.82) is 5.26 Å². The molecule has 0 bridgehead atoms. The Hall–Kier alpha value is -3.47. The number of ether oxygens (including phenoxy) is 2. The number of para-hydroxylation sites is 1. The molecule has 158 valence electrons. The van der Waals surface area contributed by atoms with Crippen molar-refractivity contribution in [2.24, 2.45) is 0 Å². The van der Waals surface area contributed by atoms with E-state index in [1.165, 1.54) is 25.0 Å². The molecule has 3 aromatic rings. The van der Waals surface area contributed by atoms with Crippen LogP contribution in [0.15, 0.2) is 48.0 Å². The lowest BCUT2D eigenvalue weighted by molar-refractivity contribution is -0.112. The normalized spacial score (nSPS) is 11.0. The van der Waals surface area contributed by atoms with E-state index in [-0.39, 0.29) is 10.7 Å². The molecule has 0 aliphatic heterocycles. The molecule has 0 aliphatic rings. The number of nitrogens with one attached hydrogen (secondary N) is 1. The van der Waals surface area contributed by atoms with Gasteiger partial charge in [-0.25, -0.2) is 4.68 Å². The van der Waals surface area contributed by atoms with E-state index < -0.39 is 5.91 Å². The second-order valence-corrected chi connectivity index (χ2v) is 7.11. The van der Waals surface area contributed by atoms with Crippen molar-refractivity contribution in [3.8, 4) is 23.3 Å². The average Bonchev–Trinajstić information content (AvgIpc) is 3.05. The van der Waals surface area contributed by atoms with Crippen molar-refractivity contribution >= 4 is 40.9 Å². The minimum atomic E-state index is -0.601. The molecular weight excluding hydrogens is 439 g/mol. The number of benzene rings is 2. The molecular formula is C22H18Cl2N4O3. The number of aromatic nitrogens is 2. The Labute approximate surface area is 189 Å². The molecule has 3 rings (SSSR count). The highest BCUT2D eigenvalue weighted by Gasteiger charge is 2.18. The molecule has 9 heteroatoms. The zero-order valence-corrected chi connectivity index (χ0v) is 18.5. The first-order valence-corrected chi connectivity index (χ1v) is 9.80. The number of amides is 1. The number of carbonyl (C=O) groups excluding carboxylic acids is 1. The number of nitrogens with zero attached hydrogens (tertiary/aromatic N) is 3. The van der Waals surface area contributed by atoms with Crippen LogP contribution in [0.1, 0.15) is 11.3 Å². The van der Waals surface area contributed by atoms with Crippen molar-refractivity contribution < 1.29 is 14.3 Å². The first kappa shape index (κ1) is 22.2. The fourth-order valence-electron chi connectivity index (χ4n) is 2.86. The van der Waals surface area contributed by atoms with E-state index in [4.69, 9.17) is 32.7 Å². The first-order chi connectivity index (χ1) is 14.9. The molecule has 0 saturated heterocycles. The Morgan fingerprint density at radius 1 is 1.16 bits per heavy atom. The quantitative estimate of drug-likeness (QED) is 0.413. The number of anilines is 1. The SMILES string of the molecule is COc1ccc(NC(=O)/C(C#N)=C/c2c(C)nn(-c3ccccc3Cl)c2Cl)cc1OC. The summed E-state index contributed by atoms with van der Waals surface area (Å²) in [7, 11) is 3.01. The molecule has 0 fully saturated rings. The highest BCUT2D eigenvalue weighted by Crippen LogP contribution is 2.31. The number of hydrogen-bond acceptors (Lipinski definition) is 5. The molecule has 0 spiro atoms. The van der Waals surface area contributed by atoms with Crippen LogP contribution in [-0.4, -0.2) is 29.9 Å². The standard InChI is InChI=1S/C22H18Cl2N4O3/c1-13-16(21(24)28(27-13)18-7-5-4-6-17(18)23)10-14(12-25)22(29)26-15-8-9-19(30-2)20(11-15)31-3/h4-11H,1-3H3,(H,26,29)/b14-10+. The van der Waals surface area contributed by atoms with Crippen molar-refractivity contribution in [3.05, 3.63) is 69.5 Å². The number of nitriles is 1. The van der Waals surface area contributed by atoms with Gasteiger partial charge in [0, 0.05) is 17.3 Å². The van der Waals surface area contributed by atoms with Crippen LogP contribution in [0, 0.1) is 18.3 Å². The van der Waals surface area contributed by atoms with E-state index in [0.717, 1.165) is 0 Å². The summed E-state index contributed by atoms with van der Waals surface area (Å²) in [6, 6.07) is 13.9. The van der Waals surface area contributed by atoms with Crippen LogP contribution in [0.25, 0.3) is 11.8 Å². The van der Waals surface area contributed by atoms with E-state index in [2.05, 4.69) is 10.4 Å². The van der Waals surface area contributed by atoms with Gasteiger partial charge in [-0.05, 0) is 37.3 Å². The van der Waals surface area contributed by atoms with Crippen LogP contribution in [0.2, 0.25) is 10.2 Å². The summed E-state index contributed by atoms with van der Waals surface area (Å²) in [6.45, 7) is 1.73. The van der Waals surface area contributed by atoms with Gasteiger partial charge in [-0.15, -0.1) is 0 Å². The van der Waals surface area contributed by atoms with Gasteiger partial charge in [0.2, 0.25) is 0 Å². The predicted octanol–water partition coefficient (Wildman–Crippen LogP) is 5.05. The Morgan fingerprint density at radius 2 is 1.87 bits per heavy atom. The predicted molar refractivity (Wildman–Crippen MR) is 120 cm³/mol. The minimum absolute atomic E-state index is 0.140. The van der Waals surface area contributed by atoms with E-state index in [1.54, 1.807) is 49.4 Å². The lowest BCUT2D eigenvalue weighted by Crippen LogP contribution is -2.13. The molecule has 0 unspecified atom stereocenters. The summed E-state index contributed by atoms with van der Waals surface area (Å²) >= 11 is 12.7. The van der Waals surface area contributed by atoms with Gasteiger partial charge >= 0.3 is 0 Å². The summed E-state index contributed by atoms with van der Waals surface area (Å²) in [5.41, 5.74) is 1.87. The van der Waals surface area contributed by atoms with Gasteiger partial charge in [-0.2, -0.15) is 10.4 Å². The van der Waals surface area contributed by atoms with Crippen LogP contribution in [-0.2, 0) is 4.79 Å². The van der Waals surface area contributed by atoms with E-state index in [9.17, 15) is 10.1 Å². The summed E-state index contributed by atoms with van der Waals surface area (Å²) in [6.07, 6.45) is 1.40. The van der Waals surface area contributed by atoms with Gasteiger partial charge in [0.25, 0.3) is 5.91 Å². The number of methoxy groups -OCH3 is 2. The van der Waals surface area contributed by atoms with Crippen molar-refractivity contribution in [2.45, 2.75) is 6.92 Å². The van der Waals surface area contributed by atoms with Gasteiger partial charge in [0.15, 0.2) is 11.5 Å². The Kier molecular flexibility index (Phi) is 6.85. The smallest absolute Gasteiger partial charge is 0.266 e. The maximum absolute atomic E-state index is 12.7. The van der Waals surface area contributed by atoms with Crippen LogP contribution < -0.4 is 14.8 Å². The van der Waals surface area contributed by atoms with Crippen molar-refractivity contribution in [1.82, 2.24) is 9.78 Å². The first-order valence-electron chi connectivity index (χ1n) is 9.04. The molecule has 0 radical (unpaired) electrons. The van der Waals surface area contributed by atoms with Crippen LogP contribution in [0.3, 0.4) is 0 Å². The molecule has 31 heavy (non-hydrogen) atoms. The van der Waals surface area contributed by atoms with E-state index in [0.29, 0.717) is 39.2 Å². The zero-order chi connectivity index (χ0) is 22.5. The van der Waals surface area contributed by atoms with Crippen LogP contribution in [0.4, 0.5) is 5.69 Å². The molecule has 1 N–H and O–H groups in total. The number of carbonyl (C=O) groups is 1. The summed E-state index contributed by atoms with van der Waals surface area (Å²) in [4.78, 5) is 12.7. The topological polar surface area (TPSA) is 89.2 Å². The van der Waals surface area contributed by atoms with E-state index in [1.807, 2.05) is 6.07 Å². The molecule has 0 atom stereocenters. The van der Waals surface area contributed by atoms with Crippen LogP contribution >= 0.6 is 23.2 Å². The van der Waals surface area contributed by atoms with Crippen molar-refractivity contribution in [2.75, 3.05) is 19.5 Å². The molecule has 1 aromatic heterocycles. The van der Waals surface area contributed by atoms with E-state index >= 15 is 0 Å². The fraction of sp³-hybridized carbons (Fsp3) is 0.136. The molecule has 7 nitrogen and oxygen atoms in total. The number of aryl methyl sites for hydroxylation is 1. The molecule has 1 heterocycles. The summed E-state index contributed by atoms with van der Waals surface area (Å²) in [5.74, 6) is 0.365. The van der Waals surface area contributed by atoms with Crippen LogP contribution in [0.5, 0.6) is 11.5 Å². The van der Waals surface area contributed by atoms with Gasteiger partial charge in [0.05, 0.1) is 30.6 Å². The largest absolute Gasteiger partial charge is 0.493 e. The molecule has 1 amide bonds. The number of rotatable bonds is 6. The third-order valence-corrected chi connectivity index (χ3v) is 5.11. The highest BCUT2D eigenvalue weighted by atomic mass is 35.5. The second-order valence-electron chi connectivity index (χ2n) is 6.35. The Morgan fingerprint density at radius 3 is 2.52 bits per heavy atom. The lowest BCUT2D eigenvalue weighted by atomic mass is 10.1. The maximum Gasteiger partial charge on any atom is 0.266 e.